The first-order valence-corrected chi connectivity index (χ1v) is 8.48. The Morgan fingerprint density at radius 2 is 1.77 bits per heavy atom. The number of nitrogens with one attached hydrogen (secondary N) is 1. The maximum Gasteiger partial charge on any atom is 0.120 e. The summed E-state index contributed by atoms with van der Waals surface area (Å²) in [6.45, 7) is 4.26. The summed E-state index contributed by atoms with van der Waals surface area (Å²) in [7, 11) is 0. The van der Waals surface area contributed by atoms with Crippen LogP contribution in [0.15, 0.2) is 22.7 Å². The van der Waals surface area contributed by atoms with E-state index in [2.05, 4.69) is 32.2 Å². The molecule has 1 aliphatic heterocycles. The van der Waals surface area contributed by atoms with Crippen LogP contribution >= 0.6 is 40.7 Å². The van der Waals surface area contributed by atoms with Gasteiger partial charge < -0.3 is 10.4 Å². The van der Waals surface area contributed by atoms with E-state index in [1.807, 2.05) is 12.1 Å². The van der Waals surface area contributed by atoms with Crippen molar-refractivity contribution < 1.29 is 5.11 Å². The van der Waals surface area contributed by atoms with E-state index in [0.717, 1.165) is 36.2 Å². The van der Waals surface area contributed by atoms with Gasteiger partial charge >= 0.3 is 0 Å². The SMILES string of the molecule is Cl.Cl.Oc1ccc(Br)cc1[C@H](C1CCCC1)N1CCNCC1. The van der Waals surface area contributed by atoms with Crippen molar-refractivity contribution in [3.63, 3.8) is 0 Å². The van der Waals surface area contributed by atoms with Gasteiger partial charge in [0.1, 0.15) is 5.75 Å². The van der Waals surface area contributed by atoms with Crippen LogP contribution in [-0.2, 0) is 0 Å². The smallest absolute Gasteiger partial charge is 0.120 e. The van der Waals surface area contributed by atoms with Crippen molar-refractivity contribution in [3.05, 3.63) is 28.2 Å². The Hall–Kier alpha value is -0.0000000000000000971. The lowest BCUT2D eigenvalue weighted by Crippen LogP contribution is -2.46. The fraction of sp³-hybridized carbons (Fsp3) is 0.625. The molecule has 1 aliphatic carbocycles. The Balaban J connectivity index is 0.00000121. The van der Waals surface area contributed by atoms with E-state index >= 15 is 0 Å². The summed E-state index contributed by atoms with van der Waals surface area (Å²) >= 11 is 3.56. The molecule has 1 heterocycles. The highest BCUT2D eigenvalue weighted by Gasteiger charge is 2.33. The molecule has 1 atom stereocenters. The number of nitrogens with zero attached hydrogens (tertiary/aromatic N) is 1. The molecule has 0 aromatic heterocycles. The van der Waals surface area contributed by atoms with Crippen LogP contribution in [0.4, 0.5) is 0 Å². The fourth-order valence-corrected chi connectivity index (χ4v) is 4.12. The van der Waals surface area contributed by atoms with Crippen LogP contribution < -0.4 is 5.32 Å². The van der Waals surface area contributed by atoms with E-state index in [4.69, 9.17) is 0 Å². The second-order valence-corrected chi connectivity index (χ2v) is 6.89. The topological polar surface area (TPSA) is 35.5 Å². The van der Waals surface area contributed by atoms with Gasteiger partial charge in [0.05, 0.1) is 0 Å². The second kappa shape index (κ2) is 9.33. The molecule has 0 spiro atoms. The number of rotatable bonds is 3. The van der Waals surface area contributed by atoms with Gasteiger partial charge in [-0.25, -0.2) is 0 Å². The molecule has 2 aliphatic rings. The molecule has 0 amide bonds. The first-order valence-electron chi connectivity index (χ1n) is 7.69. The third-order valence-corrected chi connectivity index (χ3v) is 5.19. The highest BCUT2D eigenvalue weighted by Crippen LogP contribution is 2.43. The quantitative estimate of drug-likeness (QED) is 0.784. The standard InChI is InChI=1S/C16H23BrN2O.2ClH/c17-13-5-6-15(20)14(11-13)16(12-3-1-2-4-12)19-9-7-18-8-10-19;;/h5-6,11-12,16,18,20H,1-4,7-10H2;2*1H/t16-;;/m0../s1. The summed E-state index contributed by atoms with van der Waals surface area (Å²) in [5.74, 6) is 1.14. The minimum atomic E-state index is 0. The third-order valence-electron chi connectivity index (χ3n) is 4.70. The Kier molecular flexibility index (Phi) is 8.50. The van der Waals surface area contributed by atoms with E-state index < -0.39 is 0 Å². The molecule has 3 rings (SSSR count). The summed E-state index contributed by atoms with van der Waals surface area (Å²) < 4.78 is 1.06. The van der Waals surface area contributed by atoms with Crippen LogP contribution in [-0.4, -0.2) is 36.2 Å². The molecule has 2 fully saturated rings. The number of benzene rings is 1. The van der Waals surface area contributed by atoms with Gasteiger partial charge in [-0.3, -0.25) is 4.90 Å². The fourth-order valence-electron chi connectivity index (χ4n) is 3.74. The molecule has 0 unspecified atom stereocenters. The minimum Gasteiger partial charge on any atom is -0.508 e. The average molecular weight is 412 g/mol. The number of phenols is 1. The molecule has 1 aromatic rings. The lowest BCUT2D eigenvalue weighted by Gasteiger charge is -2.39. The zero-order valence-electron chi connectivity index (χ0n) is 12.6. The molecule has 22 heavy (non-hydrogen) atoms. The van der Waals surface area contributed by atoms with Crippen LogP contribution in [0.1, 0.15) is 37.3 Å². The van der Waals surface area contributed by atoms with Crippen LogP contribution in [0.3, 0.4) is 0 Å². The molecule has 3 nitrogen and oxygen atoms in total. The van der Waals surface area contributed by atoms with Crippen molar-refractivity contribution in [1.82, 2.24) is 10.2 Å². The monoisotopic (exact) mass is 410 g/mol. The lowest BCUT2D eigenvalue weighted by atomic mass is 9.89. The number of hydrogen-bond donors (Lipinski definition) is 2. The Bertz CT molecular complexity index is 463. The van der Waals surface area contributed by atoms with Gasteiger partial charge in [0.15, 0.2) is 0 Å². The van der Waals surface area contributed by atoms with Gasteiger partial charge in [0, 0.05) is 42.3 Å². The van der Waals surface area contributed by atoms with Gasteiger partial charge in [-0.2, -0.15) is 0 Å². The zero-order chi connectivity index (χ0) is 13.9. The van der Waals surface area contributed by atoms with Gasteiger partial charge in [-0.1, -0.05) is 28.8 Å². The molecular formula is C16H25BrCl2N2O. The number of phenolic OH excluding ortho intramolecular Hbond substituents is 1. The first kappa shape index (κ1) is 20.0. The van der Waals surface area contributed by atoms with Crippen molar-refractivity contribution in [2.24, 2.45) is 5.92 Å². The van der Waals surface area contributed by atoms with Crippen molar-refractivity contribution in [2.45, 2.75) is 31.7 Å². The first-order chi connectivity index (χ1) is 9.75. The average Bonchev–Trinajstić information content (AvgIpc) is 2.98. The van der Waals surface area contributed by atoms with Gasteiger partial charge in [0.25, 0.3) is 0 Å². The highest BCUT2D eigenvalue weighted by atomic mass is 79.9. The molecule has 2 N–H and O–H groups in total. The predicted octanol–water partition coefficient (Wildman–Crippen LogP) is 4.13. The molecule has 1 aromatic carbocycles. The van der Waals surface area contributed by atoms with Crippen LogP contribution in [0.25, 0.3) is 0 Å². The van der Waals surface area contributed by atoms with Crippen molar-refractivity contribution >= 4 is 40.7 Å². The van der Waals surface area contributed by atoms with Gasteiger partial charge in [0.2, 0.25) is 0 Å². The molecular weight excluding hydrogens is 387 g/mol. The Morgan fingerprint density at radius 1 is 1.14 bits per heavy atom. The van der Waals surface area contributed by atoms with Crippen molar-refractivity contribution in [2.75, 3.05) is 26.2 Å². The summed E-state index contributed by atoms with van der Waals surface area (Å²) in [5.41, 5.74) is 1.10. The molecule has 1 saturated carbocycles. The van der Waals surface area contributed by atoms with E-state index in [1.54, 1.807) is 0 Å². The summed E-state index contributed by atoms with van der Waals surface area (Å²) in [6, 6.07) is 6.23. The lowest BCUT2D eigenvalue weighted by molar-refractivity contribution is 0.123. The van der Waals surface area contributed by atoms with Crippen LogP contribution in [0, 0.1) is 5.92 Å². The second-order valence-electron chi connectivity index (χ2n) is 5.98. The molecule has 0 radical (unpaired) electrons. The Labute approximate surface area is 153 Å². The highest BCUT2D eigenvalue weighted by molar-refractivity contribution is 9.10. The summed E-state index contributed by atoms with van der Waals surface area (Å²) in [4.78, 5) is 2.56. The number of piperazine rings is 1. The van der Waals surface area contributed by atoms with E-state index in [0.29, 0.717) is 17.7 Å². The zero-order valence-corrected chi connectivity index (χ0v) is 15.9. The predicted molar refractivity (Wildman–Crippen MR) is 99.4 cm³/mol. The molecule has 0 bridgehead atoms. The Morgan fingerprint density at radius 3 is 2.41 bits per heavy atom. The maximum atomic E-state index is 10.3. The van der Waals surface area contributed by atoms with Gasteiger partial charge in [-0.05, 0) is 37.0 Å². The number of hydrogen-bond acceptors (Lipinski definition) is 3. The van der Waals surface area contributed by atoms with Gasteiger partial charge in [-0.15, -0.1) is 24.8 Å². The van der Waals surface area contributed by atoms with E-state index in [9.17, 15) is 5.11 Å². The van der Waals surface area contributed by atoms with E-state index in [-0.39, 0.29) is 24.8 Å². The summed E-state index contributed by atoms with van der Waals surface area (Å²) in [5, 5.41) is 13.8. The summed E-state index contributed by atoms with van der Waals surface area (Å²) in [6.07, 6.45) is 5.26. The largest absolute Gasteiger partial charge is 0.508 e. The maximum absolute atomic E-state index is 10.3. The molecule has 6 heteroatoms. The number of halogens is 3. The third kappa shape index (κ3) is 4.51. The normalized spacial score (nSPS) is 21.0. The van der Waals surface area contributed by atoms with Crippen molar-refractivity contribution in [3.8, 4) is 5.75 Å². The minimum absolute atomic E-state index is 0. The van der Waals surface area contributed by atoms with Crippen molar-refractivity contribution in [1.29, 1.82) is 0 Å². The van der Waals surface area contributed by atoms with Crippen LogP contribution in [0.5, 0.6) is 5.75 Å². The van der Waals surface area contributed by atoms with Crippen LogP contribution in [0.2, 0.25) is 0 Å². The molecule has 126 valence electrons. The number of aromatic hydroxyl groups is 1. The molecule has 1 saturated heterocycles. The van der Waals surface area contributed by atoms with E-state index in [1.165, 1.54) is 25.7 Å².